The molecule has 2 aliphatic rings. The average molecular weight is 334 g/mol. The fourth-order valence-corrected chi connectivity index (χ4v) is 2.31. The molecule has 6 nitrogen and oxygen atoms in total. The molecule has 0 aliphatic heterocycles. The molecule has 6 N–H and O–H groups in total. The van der Waals surface area contributed by atoms with Gasteiger partial charge in [-0.1, -0.05) is 11.6 Å². The predicted molar refractivity (Wildman–Crippen MR) is 91.8 cm³/mol. The van der Waals surface area contributed by atoms with Crippen LogP contribution in [0.25, 0.3) is 0 Å². The van der Waals surface area contributed by atoms with E-state index in [-0.39, 0.29) is 5.91 Å². The average Bonchev–Trinajstić information content (AvgIpc) is 3.39. The Balaban J connectivity index is 1.74. The van der Waals surface area contributed by atoms with Gasteiger partial charge in [0.15, 0.2) is 5.82 Å². The molecule has 0 spiro atoms. The number of aromatic nitrogens is 1. The lowest BCUT2D eigenvalue weighted by molar-refractivity contribution is -0.112. The van der Waals surface area contributed by atoms with Crippen molar-refractivity contribution < 1.29 is 4.79 Å². The van der Waals surface area contributed by atoms with Crippen LogP contribution in [0.4, 0.5) is 11.5 Å². The van der Waals surface area contributed by atoms with Gasteiger partial charge >= 0.3 is 0 Å². The van der Waals surface area contributed by atoms with Gasteiger partial charge in [-0.2, -0.15) is 0 Å². The molecule has 2 fully saturated rings. The van der Waals surface area contributed by atoms with E-state index >= 15 is 0 Å². The fraction of sp³-hybridized carbons (Fsp3) is 0.375. The molecule has 1 heterocycles. The number of hydrogen-bond acceptors (Lipinski definition) is 5. The third-order valence-corrected chi connectivity index (χ3v) is 4.05. The lowest BCUT2D eigenvalue weighted by atomic mass is 10.1. The summed E-state index contributed by atoms with van der Waals surface area (Å²) in [6, 6.07) is 3.75. The molecule has 3 rings (SSSR count). The van der Waals surface area contributed by atoms with Gasteiger partial charge in [0.25, 0.3) is 5.91 Å². The molecular formula is C16H20ClN5O. The first kappa shape index (κ1) is 15.7. The third-order valence-electron chi connectivity index (χ3n) is 3.84. The molecule has 7 heteroatoms. The monoisotopic (exact) mass is 333 g/mol. The van der Waals surface area contributed by atoms with E-state index in [1.54, 1.807) is 18.2 Å². The van der Waals surface area contributed by atoms with E-state index < -0.39 is 0 Å². The summed E-state index contributed by atoms with van der Waals surface area (Å²) >= 11 is 5.94. The van der Waals surface area contributed by atoms with E-state index in [1.165, 1.54) is 6.20 Å². The fourth-order valence-electron chi connectivity index (χ4n) is 2.17. The summed E-state index contributed by atoms with van der Waals surface area (Å²) in [5.74, 6) is 0.630. The number of hydrogen-bond donors (Lipinski definition) is 4. The maximum Gasteiger partial charge on any atom is 0.257 e. The standard InChI is InChI=1S/C16H20ClN5O/c17-14-6-5-13(15(22-14)20-11-3-4-11)21-16(23)10(8-18)7-12(19)9-1-2-9/h5-9,11H,1-4,18-19H2,(H,20,22)(H,21,23)/b10-8+,12-7-. The Kier molecular flexibility index (Phi) is 4.43. The zero-order valence-corrected chi connectivity index (χ0v) is 13.4. The van der Waals surface area contributed by atoms with Gasteiger partial charge in [0.05, 0.1) is 11.3 Å². The maximum absolute atomic E-state index is 12.4. The molecule has 2 saturated carbocycles. The molecule has 2 aliphatic carbocycles. The minimum atomic E-state index is -0.320. The number of carbonyl (C=O) groups excluding carboxylic acids is 1. The normalized spacial score (nSPS) is 18.7. The lowest BCUT2D eigenvalue weighted by Crippen LogP contribution is -2.18. The van der Waals surface area contributed by atoms with E-state index in [0.29, 0.717) is 39.9 Å². The molecule has 0 unspecified atom stereocenters. The van der Waals surface area contributed by atoms with Crippen LogP contribution < -0.4 is 22.1 Å². The van der Waals surface area contributed by atoms with Crippen molar-refractivity contribution in [3.63, 3.8) is 0 Å². The second kappa shape index (κ2) is 6.50. The summed E-state index contributed by atoms with van der Waals surface area (Å²) in [6.07, 6.45) is 7.23. The number of anilines is 2. The van der Waals surface area contributed by atoms with Crippen molar-refractivity contribution in [2.45, 2.75) is 31.7 Å². The van der Waals surface area contributed by atoms with Crippen LogP contribution in [0.5, 0.6) is 0 Å². The minimum Gasteiger partial charge on any atom is -0.404 e. The van der Waals surface area contributed by atoms with Gasteiger partial charge in [-0.15, -0.1) is 0 Å². The van der Waals surface area contributed by atoms with Crippen LogP contribution in [0.15, 0.2) is 35.7 Å². The largest absolute Gasteiger partial charge is 0.404 e. The molecule has 0 bridgehead atoms. The highest BCUT2D eigenvalue weighted by Gasteiger charge is 2.25. The number of nitrogens with one attached hydrogen (secondary N) is 2. The van der Waals surface area contributed by atoms with Crippen LogP contribution in [0.2, 0.25) is 5.15 Å². The predicted octanol–water partition coefficient (Wildman–Crippen LogP) is 2.34. The van der Waals surface area contributed by atoms with Gasteiger partial charge in [-0.25, -0.2) is 4.98 Å². The summed E-state index contributed by atoms with van der Waals surface area (Å²) in [4.78, 5) is 16.7. The molecule has 122 valence electrons. The number of amides is 1. The molecule has 1 amide bonds. The highest BCUT2D eigenvalue weighted by Crippen LogP contribution is 2.34. The van der Waals surface area contributed by atoms with Gasteiger partial charge in [-0.05, 0) is 49.8 Å². The second-order valence-corrected chi connectivity index (χ2v) is 6.33. The Bertz CT molecular complexity index is 677. The van der Waals surface area contributed by atoms with Crippen molar-refractivity contribution in [3.05, 3.63) is 40.8 Å². The number of rotatable bonds is 6. The first-order chi connectivity index (χ1) is 11.1. The van der Waals surface area contributed by atoms with Crippen LogP contribution in [-0.4, -0.2) is 16.9 Å². The van der Waals surface area contributed by atoms with Crippen LogP contribution in [0, 0.1) is 5.92 Å². The summed E-state index contributed by atoms with van der Waals surface area (Å²) in [5.41, 5.74) is 13.1. The Labute approximate surface area is 140 Å². The van der Waals surface area contributed by atoms with Crippen molar-refractivity contribution in [3.8, 4) is 0 Å². The first-order valence-electron chi connectivity index (χ1n) is 7.70. The number of pyridine rings is 1. The van der Waals surface area contributed by atoms with Crippen molar-refractivity contribution in [2.75, 3.05) is 10.6 Å². The van der Waals surface area contributed by atoms with Crippen LogP contribution in [0.1, 0.15) is 25.7 Å². The maximum atomic E-state index is 12.4. The Morgan fingerprint density at radius 1 is 1.30 bits per heavy atom. The highest BCUT2D eigenvalue weighted by atomic mass is 35.5. The molecule has 0 saturated heterocycles. The lowest BCUT2D eigenvalue weighted by Gasteiger charge is -2.12. The first-order valence-corrected chi connectivity index (χ1v) is 8.08. The van der Waals surface area contributed by atoms with E-state index in [2.05, 4.69) is 15.6 Å². The van der Waals surface area contributed by atoms with Crippen molar-refractivity contribution in [1.29, 1.82) is 0 Å². The molecule has 23 heavy (non-hydrogen) atoms. The van der Waals surface area contributed by atoms with Crippen molar-refractivity contribution >= 4 is 29.0 Å². The van der Waals surface area contributed by atoms with Crippen LogP contribution in [0.3, 0.4) is 0 Å². The smallest absolute Gasteiger partial charge is 0.257 e. The topological polar surface area (TPSA) is 106 Å². The number of nitrogens with two attached hydrogens (primary N) is 2. The SMILES string of the molecule is N/C=C(\C=C(/N)C1CC1)C(=O)Nc1ccc(Cl)nc1NC1CC1. The minimum absolute atomic E-state index is 0.320. The van der Waals surface area contributed by atoms with Gasteiger partial charge < -0.3 is 22.1 Å². The summed E-state index contributed by atoms with van der Waals surface area (Å²) in [5, 5.41) is 6.44. The van der Waals surface area contributed by atoms with Gasteiger partial charge in [0.2, 0.25) is 0 Å². The number of allylic oxidation sites excluding steroid dienone is 1. The Morgan fingerprint density at radius 3 is 2.65 bits per heavy atom. The number of carbonyl (C=O) groups is 1. The van der Waals surface area contributed by atoms with Crippen molar-refractivity contribution in [1.82, 2.24) is 4.98 Å². The number of halogens is 1. The highest BCUT2D eigenvalue weighted by molar-refractivity contribution is 6.29. The zero-order chi connectivity index (χ0) is 16.4. The Hall–Kier alpha value is -2.21. The van der Waals surface area contributed by atoms with Crippen molar-refractivity contribution in [2.24, 2.45) is 17.4 Å². The summed E-state index contributed by atoms with van der Waals surface area (Å²) in [6.45, 7) is 0. The van der Waals surface area contributed by atoms with Gasteiger partial charge in [0.1, 0.15) is 5.15 Å². The summed E-state index contributed by atoms with van der Waals surface area (Å²) < 4.78 is 0. The van der Waals surface area contributed by atoms with Gasteiger partial charge in [0, 0.05) is 17.9 Å². The Morgan fingerprint density at radius 2 is 2.04 bits per heavy atom. The van der Waals surface area contributed by atoms with Crippen LogP contribution in [-0.2, 0) is 4.79 Å². The van der Waals surface area contributed by atoms with Gasteiger partial charge in [-0.3, -0.25) is 4.79 Å². The van der Waals surface area contributed by atoms with E-state index in [4.69, 9.17) is 23.1 Å². The third kappa shape index (κ3) is 4.16. The van der Waals surface area contributed by atoms with E-state index in [0.717, 1.165) is 25.7 Å². The number of nitrogens with zero attached hydrogens (tertiary/aromatic N) is 1. The quantitative estimate of drug-likeness (QED) is 0.363. The van der Waals surface area contributed by atoms with Crippen LogP contribution >= 0.6 is 11.6 Å². The van der Waals surface area contributed by atoms with E-state index in [9.17, 15) is 4.79 Å². The second-order valence-electron chi connectivity index (χ2n) is 5.94. The molecule has 1 aromatic heterocycles. The van der Waals surface area contributed by atoms with E-state index in [1.807, 2.05) is 0 Å². The molecular weight excluding hydrogens is 314 g/mol. The molecule has 0 aromatic carbocycles. The zero-order valence-electron chi connectivity index (χ0n) is 12.7. The molecule has 0 atom stereocenters. The molecule has 0 radical (unpaired) electrons. The molecule has 1 aromatic rings. The summed E-state index contributed by atoms with van der Waals surface area (Å²) in [7, 11) is 0.